The highest BCUT2D eigenvalue weighted by atomic mass is 19.1. The largest absolute Gasteiger partial charge is 0.467 e. The Kier molecular flexibility index (Phi) is 1.59. The van der Waals surface area contributed by atoms with Gasteiger partial charge >= 0.3 is 0 Å². The van der Waals surface area contributed by atoms with E-state index < -0.39 is 0 Å². The topological polar surface area (TPSA) is 39.2 Å². The van der Waals surface area contributed by atoms with Crippen LogP contribution in [0.25, 0.3) is 10.8 Å². The first-order valence-corrected chi connectivity index (χ1v) is 3.67. The molecule has 2 N–H and O–H groups in total. The van der Waals surface area contributed by atoms with Crippen LogP contribution < -0.4 is 5.73 Å². The molecule has 62 valence electrons. The van der Waals surface area contributed by atoms with E-state index in [0.29, 0.717) is 12.3 Å². The van der Waals surface area contributed by atoms with Gasteiger partial charge in [-0.25, -0.2) is 4.39 Å². The van der Waals surface area contributed by atoms with Crippen molar-refractivity contribution < 1.29 is 8.81 Å². The number of hydrogen-bond acceptors (Lipinski definition) is 2. The van der Waals surface area contributed by atoms with E-state index in [1.54, 1.807) is 6.07 Å². The minimum absolute atomic E-state index is 0.258. The molecule has 2 aromatic rings. The SMILES string of the molecule is NCc1occ2cc(F)ccc12. The Morgan fingerprint density at radius 1 is 1.42 bits per heavy atom. The zero-order valence-corrected chi connectivity index (χ0v) is 6.38. The van der Waals surface area contributed by atoms with Crippen molar-refractivity contribution in [2.45, 2.75) is 6.54 Å². The number of furan rings is 1. The second-order valence-corrected chi connectivity index (χ2v) is 2.59. The van der Waals surface area contributed by atoms with Gasteiger partial charge in [-0.15, -0.1) is 0 Å². The fraction of sp³-hybridized carbons (Fsp3) is 0.111. The molecule has 1 aromatic carbocycles. The van der Waals surface area contributed by atoms with Gasteiger partial charge in [-0.05, 0) is 18.2 Å². The van der Waals surface area contributed by atoms with Gasteiger partial charge in [0.1, 0.15) is 11.6 Å². The third kappa shape index (κ3) is 0.987. The molecule has 0 spiro atoms. The third-order valence-corrected chi connectivity index (χ3v) is 1.83. The van der Waals surface area contributed by atoms with Crippen molar-refractivity contribution in [3.8, 4) is 0 Å². The summed E-state index contributed by atoms with van der Waals surface area (Å²) in [5.74, 6) is 0.442. The molecular formula is C9H8FNO. The van der Waals surface area contributed by atoms with E-state index in [9.17, 15) is 4.39 Å². The molecule has 1 heterocycles. The van der Waals surface area contributed by atoms with Crippen LogP contribution in [0.4, 0.5) is 4.39 Å². The van der Waals surface area contributed by atoms with Gasteiger partial charge in [0.05, 0.1) is 12.8 Å². The van der Waals surface area contributed by atoms with E-state index in [2.05, 4.69) is 0 Å². The molecule has 0 amide bonds. The van der Waals surface area contributed by atoms with Gasteiger partial charge in [0.25, 0.3) is 0 Å². The fourth-order valence-electron chi connectivity index (χ4n) is 1.24. The van der Waals surface area contributed by atoms with Gasteiger partial charge in [0, 0.05) is 10.8 Å². The van der Waals surface area contributed by atoms with Gasteiger partial charge in [-0.3, -0.25) is 0 Å². The van der Waals surface area contributed by atoms with Crippen molar-refractivity contribution in [1.82, 2.24) is 0 Å². The van der Waals surface area contributed by atoms with Crippen LogP contribution in [0.2, 0.25) is 0 Å². The molecule has 0 unspecified atom stereocenters. The molecule has 2 nitrogen and oxygen atoms in total. The maximum absolute atomic E-state index is 12.7. The van der Waals surface area contributed by atoms with E-state index in [1.165, 1.54) is 18.4 Å². The molecule has 0 aliphatic carbocycles. The second kappa shape index (κ2) is 2.60. The van der Waals surface area contributed by atoms with Crippen molar-refractivity contribution in [1.29, 1.82) is 0 Å². The number of rotatable bonds is 1. The van der Waals surface area contributed by atoms with E-state index >= 15 is 0 Å². The first kappa shape index (κ1) is 7.31. The molecule has 0 fully saturated rings. The highest BCUT2D eigenvalue weighted by Crippen LogP contribution is 2.21. The van der Waals surface area contributed by atoms with E-state index in [0.717, 1.165) is 10.8 Å². The van der Waals surface area contributed by atoms with Crippen LogP contribution in [-0.4, -0.2) is 0 Å². The summed E-state index contributed by atoms with van der Waals surface area (Å²) in [5.41, 5.74) is 5.41. The Labute approximate surface area is 68.8 Å². The standard InChI is InChI=1S/C9H8FNO/c10-7-1-2-8-6(3-7)5-12-9(8)4-11/h1-3,5H,4,11H2. The molecule has 12 heavy (non-hydrogen) atoms. The Morgan fingerprint density at radius 2 is 2.25 bits per heavy atom. The zero-order chi connectivity index (χ0) is 8.55. The Morgan fingerprint density at radius 3 is 3.00 bits per heavy atom. The van der Waals surface area contributed by atoms with Crippen LogP contribution in [0.3, 0.4) is 0 Å². The highest BCUT2D eigenvalue weighted by molar-refractivity contribution is 5.84. The van der Waals surface area contributed by atoms with Crippen LogP contribution >= 0.6 is 0 Å². The van der Waals surface area contributed by atoms with Crippen molar-refractivity contribution in [2.75, 3.05) is 0 Å². The van der Waals surface area contributed by atoms with E-state index in [4.69, 9.17) is 10.2 Å². The number of fused-ring (bicyclic) bond motifs is 1. The second-order valence-electron chi connectivity index (χ2n) is 2.59. The summed E-state index contributed by atoms with van der Waals surface area (Å²) in [7, 11) is 0. The summed E-state index contributed by atoms with van der Waals surface area (Å²) in [6.07, 6.45) is 1.51. The number of benzene rings is 1. The lowest BCUT2D eigenvalue weighted by atomic mass is 10.2. The molecule has 0 saturated heterocycles. The van der Waals surface area contributed by atoms with Crippen LogP contribution in [0.1, 0.15) is 5.76 Å². The predicted molar refractivity (Wildman–Crippen MR) is 44.1 cm³/mol. The minimum atomic E-state index is -0.258. The normalized spacial score (nSPS) is 10.8. The average Bonchev–Trinajstić information content (AvgIpc) is 2.46. The number of hydrogen-bond donors (Lipinski definition) is 1. The molecule has 0 bridgehead atoms. The van der Waals surface area contributed by atoms with Crippen molar-refractivity contribution in [3.63, 3.8) is 0 Å². The number of halogens is 1. The van der Waals surface area contributed by atoms with Crippen LogP contribution in [-0.2, 0) is 6.54 Å². The molecular weight excluding hydrogens is 157 g/mol. The predicted octanol–water partition coefficient (Wildman–Crippen LogP) is 2.03. The van der Waals surface area contributed by atoms with Crippen molar-refractivity contribution in [3.05, 3.63) is 36.0 Å². The molecule has 0 saturated carbocycles. The fourth-order valence-corrected chi connectivity index (χ4v) is 1.24. The lowest BCUT2D eigenvalue weighted by molar-refractivity contribution is 0.518. The van der Waals surface area contributed by atoms with Gasteiger partial charge < -0.3 is 10.2 Å². The summed E-state index contributed by atoms with van der Waals surface area (Å²) >= 11 is 0. The molecule has 0 aliphatic heterocycles. The molecule has 0 radical (unpaired) electrons. The quantitative estimate of drug-likeness (QED) is 0.702. The van der Waals surface area contributed by atoms with Crippen molar-refractivity contribution >= 4 is 10.8 Å². The smallest absolute Gasteiger partial charge is 0.125 e. The summed E-state index contributed by atoms with van der Waals surface area (Å²) in [6.45, 7) is 0.342. The van der Waals surface area contributed by atoms with Crippen LogP contribution in [0.15, 0.2) is 28.9 Å². The van der Waals surface area contributed by atoms with Crippen molar-refractivity contribution in [2.24, 2.45) is 5.73 Å². The van der Waals surface area contributed by atoms with Crippen LogP contribution in [0, 0.1) is 5.82 Å². The first-order valence-electron chi connectivity index (χ1n) is 3.67. The lowest BCUT2D eigenvalue weighted by Gasteiger charge is -1.91. The van der Waals surface area contributed by atoms with E-state index in [1.807, 2.05) is 0 Å². The summed E-state index contributed by atoms with van der Waals surface area (Å²) in [5, 5.41) is 1.65. The highest BCUT2D eigenvalue weighted by Gasteiger charge is 2.03. The van der Waals surface area contributed by atoms with Gasteiger partial charge in [-0.1, -0.05) is 0 Å². The van der Waals surface area contributed by atoms with Crippen LogP contribution in [0.5, 0.6) is 0 Å². The zero-order valence-electron chi connectivity index (χ0n) is 6.38. The molecule has 0 atom stereocenters. The van der Waals surface area contributed by atoms with Gasteiger partial charge in [0.15, 0.2) is 0 Å². The number of nitrogens with two attached hydrogens (primary N) is 1. The van der Waals surface area contributed by atoms with Gasteiger partial charge in [-0.2, -0.15) is 0 Å². The minimum Gasteiger partial charge on any atom is -0.467 e. The Hall–Kier alpha value is -1.35. The first-order chi connectivity index (χ1) is 5.81. The van der Waals surface area contributed by atoms with E-state index in [-0.39, 0.29) is 5.82 Å². The summed E-state index contributed by atoms with van der Waals surface area (Å²) in [4.78, 5) is 0. The summed E-state index contributed by atoms with van der Waals surface area (Å²) < 4.78 is 17.8. The third-order valence-electron chi connectivity index (χ3n) is 1.83. The Bertz CT molecular complexity index is 408. The maximum atomic E-state index is 12.7. The molecule has 2 rings (SSSR count). The molecule has 0 aliphatic rings. The maximum Gasteiger partial charge on any atom is 0.125 e. The molecule has 3 heteroatoms. The molecule has 1 aromatic heterocycles. The van der Waals surface area contributed by atoms with Gasteiger partial charge in [0.2, 0.25) is 0 Å². The monoisotopic (exact) mass is 165 g/mol. The Balaban J connectivity index is 2.73. The average molecular weight is 165 g/mol. The summed E-state index contributed by atoms with van der Waals surface area (Å²) in [6, 6.07) is 4.51. The lowest BCUT2D eigenvalue weighted by Crippen LogP contribution is -1.93.